The summed E-state index contributed by atoms with van der Waals surface area (Å²) in [6, 6.07) is 7.96. The van der Waals surface area contributed by atoms with Crippen molar-refractivity contribution in [1.29, 1.82) is 0 Å². The van der Waals surface area contributed by atoms with Crippen LogP contribution in [0.25, 0.3) is 11.6 Å². The van der Waals surface area contributed by atoms with Crippen LogP contribution < -0.4 is 10.4 Å². The summed E-state index contributed by atoms with van der Waals surface area (Å²) < 4.78 is 10.5. The summed E-state index contributed by atoms with van der Waals surface area (Å²) in [5, 5.41) is 10.7. The molecule has 6 nitrogen and oxygen atoms in total. The molecule has 0 radical (unpaired) electrons. The van der Waals surface area contributed by atoms with Gasteiger partial charge in [-0.25, -0.2) is 4.79 Å². The zero-order valence-electron chi connectivity index (χ0n) is 14.5. The number of ether oxygens (including phenoxy) is 1. The number of benzene rings is 1. The molecule has 6 heteroatoms. The number of hydrogen-bond acceptors (Lipinski definition) is 5. The molecular weight excluding hydrogens is 322 g/mol. The van der Waals surface area contributed by atoms with Gasteiger partial charge < -0.3 is 9.15 Å². The average molecular weight is 341 g/mol. The third-order valence-corrected chi connectivity index (χ3v) is 3.69. The van der Waals surface area contributed by atoms with E-state index >= 15 is 0 Å². The smallest absolute Gasteiger partial charge is 0.342 e. The Morgan fingerprint density at radius 3 is 2.44 bits per heavy atom. The standard InChI is InChI=1S/C19H19NO5/c1-12(10-15-5-7-16(8-6-15)20(22)23)9-13(2)17-11-18(24-4)14(3)19(21)25-17/h5-11H,1-4H3. The zero-order chi connectivity index (χ0) is 18.6. The van der Waals surface area contributed by atoms with Gasteiger partial charge >= 0.3 is 5.63 Å². The van der Waals surface area contributed by atoms with Crippen molar-refractivity contribution in [2.45, 2.75) is 20.8 Å². The van der Waals surface area contributed by atoms with Crippen LogP contribution in [0.4, 0.5) is 5.69 Å². The minimum absolute atomic E-state index is 0.0510. The molecule has 1 aromatic heterocycles. The predicted molar refractivity (Wildman–Crippen MR) is 96.7 cm³/mol. The molecule has 2 aromatic rings. The van der Waals surface area contributed by atoms with Gasteiger partial charge in [0, 0.05) is 18.2 Å². The summed E-state index contributed by atoms with van der Waals surface area (Å²) in [7, 11) is 1.50. The highest BCUT2D eigenvalue weighted by molar-refractivity contribution is 5.67. The average Bonchev–Trinajstić information content (AvgIpc) is 2.57. The molecule has 1 heterocycles. The van der Waals surface area contributed by atoms with Crippen molar-refractivity contribution in [1.82, 2.24) is 0 Å². The quantitative estimate of drug-likeness (QED) is 0.458. The Labute approximate surface area is 145 Å². The summed E-state index contributed by atoms with van der Waals surface area (Å²) >= 11 is 0. The lowest BCUT2D eigenvalue weighted by Gasteiger charge is -2.06. The maximum absolute atomic E-state index is 11.8. The molecule has 130 valence electrons. The molecule has 0 saturated heterocycles. The first-order chi connectivity index (χ1) is 11.8. The number of nitro benzene ring substituents is 1. The molecule has 0 bridgehead atoms. The third kappa shape index (κ3) is 4.44. The monoisotopic (exact) mass is 341 g/mol. The van der Waals surface area contributed by atoms with E-state index in [1.165, 1.54) is 19.2 Å². The van der Waals surface area contributed by atoms with Crippen LogP contribution in [-0.4, -0.2) is 12.0 Å². The number of nitrogens with zero attached hydrogens (tertiary/aromatic N) is 1. The van der Waals surface area contributed by atoms with Crippen LogP contribution in [0.2, 0.25) is 0 Å². The Bertz CT molecular complexity index is 904. The second kappa shape index (κ2) is 7.61. The van der Waals surface area contributed by atoms with Crippen LogP contribution in [0.3, 0.4) is 0 Å². The molecule has 25 heavy (non-hydrogen) atoms. The predicted octanol–water partition coefficient (Wildman–Crippen LogP) is 4.37. The Balaban J connectivity index is 2.30. The fraction of sp³-hybridized carbons (Fsp3) is 0.211. The van der Waals surface area contributed by atoms with Crippen molar-refractivity contribution in [3.63, 3.8) is 0 Å². The molecular formula is C19H19NO5. The second-order valence-electron chi connectivity index (χ2n) is 5.66. The maximum Gasteiger partial charge on any atom is 0.342 e. The van der Waals surface area contributed by atoms with Gasteiger partial charge in [-0.1, -0.05) is 17.7 Å². The minimum Gasteiger partial charge on any atom is -0.496 e. The number of methoxy groups -OCH3 is 1. The highest BCUT2D eigenvalue weighted by atomic mass is 16.6. The van der Waals surface area contributed by atoms with E-state index in [9.17, 15) is 14.9 Å². The second-order valence-corrected chi connectivity index (χ2v) is 5.66. The Morgan fingerprint density at radius 2 is 1.88 bits per heavy atom. The lowest BCUT2D eigenvalue weighted by molar-refractivity contribution is -0.384. The molecule has 0 atom stereocenters. The van der Waals surface area contributed by atoms with E-state index in [1.807, 2.05) is 26.0 Å². The van der Waals surface area contributed by atoms with E-state index in [2.05, 4.69) is 0 Å². The van der Waals surface area contributed by atoms with E-state index in [4.69, 9.17) is 9.15 Å². The molecule has 0 amide bonds. The van der Waals surface area contributed by atoms with Crippen LogP contribution in [-0.2, 0) is 0 Å². The molecule has 1 aromatic carbocycles. The number of rotatable bonds is 5. The highest BCUT2D eigenvalue weighted by Gasteiger charge is 2.09. The fourth-order valence-electron chi connectivity index (χ4n) is 2.35. The van der Waals surface area contributed by atoms with Crippen molar-refractivity contribution < 1.29 is 14.1 Å². The van der Waals surface area contributed by atoms with Crippen LogP contribution in [0, 0.1) is 17.0 Å². The SMILES string of the molecule is COc1cc(C(C)=CC(C)=Cc2ccc([N+](=O)[O-])cc2)oc(=O)c1C. The number of nitro groups is 1. The van der Waals surface area contributed by atoms with Crippen molar-refractivity contribution in [3.8, 4) is 5.75 Å². The van der Waals surface area contributed by atoms with Crippen molar-refractivity contribution >= 4 is 17.3 Å². The van der Waals surface area contributed by atoms with E-state index < -0.39 is 10.5 Å². The first-order valence-electron chi connectivity index (χ1n) is 7.62. The first kappa shape index (κ1) is 18.2. The lowest BCUT2D eigenvalue weighted by Crippen LogP contribution is -2.06. The van der Waals surface area contributed by atoms with Crippen LogP contribution in [0.5, 0.6) is 5.75 Å². The van der Waals surface area contributed by atoms with Gasteiger partial charge in [-0.15, -0.1) is 0 Å². The largest absolute Gasteiger partial charge is 0.496 e. The number of non-ortho nitro benzene ring substituents is 1. The van der Waals surface area contributed by atoms with Gasteiger partial charge in [-0.3, -0.25) is 10.1 Å². The van der Waals surface area contributed by atoms with Gasteiger partial charge in [0.25, 0.3) is 5.69 Å². The zero-order valence-corrected chi connectivity index (χ0v) is 14.5. The Kier molecular flexibility index (Phi) is 5.54. The molecule has 2 rings (SSSR count). The molecule has 0 aliphatic carbocycles. The molecule has 0 spiro atoms. The van der Waals surface area contributed by atoms with Gasteiger partial charge in [0.1, 0.15) is 11.5 Å². The van der Waals surface area contributed by atoms with Gasteiger partial charge in [0.05, 0.1) is 17.6 Å². The molecule has 0 unspecified atom stereocenters. The van der Waals surface area contributed by atoms with E-state index in [0.29, 0.717) is 17.1 Å². The summed E-state index contributed by atoms with van der Waals surface area (Å²) in [6.45, 7) is 5.38. The number of allylic oxidation sites excluding steroid dienone is 3. The van der Waals surface area contributed by atoms with Crippen LogP contribution >= 0.6 is 0 Å². The Morgan fingerprint density at radius 1 is 1.24 bits per heavy atom. The lowest BCUT2D eigenvalue weighted by atomic mass is 10.1. The molecule has 0 aliphatic heterocycles. The summed E-state index contributed by atoms with van der Waals surface area (Å²) in [4.78, 5) is 22.1. The van der Waals surface area contributed by atoms with E-state index in [0.717, 1.165) is 16.7 Å². The van der Waals surface area contributed by atoms with Gasteiger partial charge in [0.15, 0.2) is 0 Å². The number of hydrogen-bond donors (Lipinski definition) is 0. The minimum atomic E-state index is -0.433. The van der Waals surface area contributed by atoms with E-state index in [1.54, 1.807) is 25.1 Å². The molecule has 0 saturated carbocycles. The van der Waals surface area contributed by atoms with Crippen molar-refractivity contribution in [3.05, 3.63) is 79.4 Å². The van der Waals surface area contributed by atoms with Crippen LogP contribution in [0.15, 0.2) is 51.2 Å². The van der Waals surface area contributed by atoms with Gasteiger partial charge in [-0.05, 0) is 44.0 Å². The topological polar surface area (TPSA) is 82.6 Å². The molecule has 0 fully saturated rings. The third-order valence-electron chi connectivity index (χ3n) is 3.69. The van der Waals surface area contributed by atoms with E-state index in [-0.39, 0.29) is 5.69 Å². The van der Waals surface area contributed by atoms with Gasteiger partial charge in [-0.2, -0.15) is 0 Å². The van der Waals surface area contributed by atoms with Crippen LogP contribution in [0.1, 0.15) is 30.7 Å². The summed E-state index contributed by atoms with van der Waals surface area (Å²) in [5.41, 5.74) is 2.57. The Hall–Kier alpha value is -3.15. The molecule has 0 aliphatic rings. The summed E-state index contributed by atoms with van der Waals surface area (Å²) in [6.07, 6.45) is 3.76. The summed E-state index contributed by atoms with van der Waals surface area (Å²) in [5.74, 6) is 0.917. The molecule has 0 N–H and O–H groups in total. The van der Waals surface area contributed by atoms with Gasteiger partial charge in [0.2, 0.25) is 0 Å². The fourth-order valence-corrected chi connectivity index (χ4v) is 2.35. The first-order valence-corrected chi connectivity index (χ1v) is 7.62. The highest BCUT2D eigenvalue weighted by Crippen LogP contribution is 2.22. The normalized spacial score (nSPS) is 12.2. The van der Waals surface area contributed by atoms with Crippen molar-refractivity contribution in [2.24, 2.45) is 0 Å². The maximum atomic E-state index is 11.8. The van der Waals surface area contributed by atoms with Crippen molar-refractivity contribution in [2.75, 3.05) is 7.11 Å².